The zero-order chi connectivity index (χ0) is 17.0. The van der Waals surface area contributed by atoms with Gasteiger partial charge < -0.3 is 9.84 Å². The summed E-state index contributed by atoms with van der Waals surface area (Å²) in [6.45, 7) is 9.14. The van der Waals surface area contributed by atoms with Crippen molar-refractivity contribution in [3.05, 3.63) is 45.4 Å². The Balaban J connectivity index is 1.99. The van der Waals surface area contributed by atoms with Gasteiger partial charge in [-0.15, -0.1) is 11.3 Å². The molecule has 5 heteroatoms. The highest BCUT2D eigenvalue weighted by Gasteiger charge is 2.19. The number of aromatic nitrogens is 1. The highest BCUT2D eigenvalue weighted by molar-refractivity contribution is 7.09. The summed E-state index contributed by atoms with van der Waals surface area (Å²) < 4.78 is 5.96. The lowest BCUT2D eigenvalue weighted by Gasteiger charge is -2.23. The second kappa shape index (κ2) is 7.13. The van der Waals surface area contributed by atoms with Crippen molar-refractivity contribution in [3.8, 4) is 5.75 Å². The molecule has 0 aliphatic heterocycles. The van der Waals surface area contributed by atoms with Gasteiger partial charge in [0.25, 0.3) is 0 Å². The van der Waals surface area contributed by atoms with E-state index in [0.29, 0.717) is 18.7 Å². The molecule has 0 bridgehead atoms. The molecule has 0 aliphatic carbocycles. The third-order valence-electron chi connectivity index (χ3n) is 3.45. The van der Waals surface area contributed by atoms with Crippen molar-refractivity contribution in [1.29, 1.82) is 0 Å². The minimum absolute atomic E-state index is 0.0243. The number of aliphatic carboxylic acids is 1. The smallest absolute Gasteiger partial charge is 0.309 e. The van der Waals surface area contributed by atoms with Gasteiger partial charge in [-0.1, -0.05) is 38.5 Å². The molecule has 2 rings (SSSR count). The van der Waals surface area contributed by atoms with Gasteiger partial charge in [0.1, 0.15) is 5.75 Å². The van der Waals surface area contributed by atoms with Crippen LogP contribution in [0.25, 0.3) is 0 Å². The van der Waals surface area contributed by atoms with Crippen molar-refractivity contribution in [2.75, 3.05) is 6.61 Å². The Labute approximate surface area is 141 Å². The lowest BCUT2D eigenvalue weighted by atomic mass is 9.85. The molecule has 0 amide bonds. The zero-order valence-corrected chi connectivity index (χ0v) is 14.9. The van der Waals surface area contributed by atoms with Gasteiger partial charge in [0.2, 0.25) is 0 Å². The Bertz CT molecular complexity index is 686. The van der Waals surface area contributed by atoms with Crippen LogP contribution in [0.15, 0.2) is 23.6 Å². The van der Waals surface area contributed by atoms with Gasteiger partial charge in [-0.05, 0) is 24.0 Å². The largest absolute Gasteiger partial charge is 0.493 e. The van der Waals surface area contributed by atoms with Gasteiger partial charge in [-0.25, -0.2) is 4.98 Å². The molecule has 0 unspecified atom stereocenters. The molecule has 0 spiro atoms. The third-order valence-corrected chi connectivity index (χ3v) is 4.41. The van der Waals surface area contributed by atoms with Gasteiger partial charge in [0.15, 0.2) is 0 Å². The molecule has 1 aromatic carbocycles. The van der Waals surface area contributed by atoms with Crippen molar-refractivity contribution in [2.45, 2.75) is 46.0 Å². The highest BCUT2D eigenvalue weighted by atomic mass is 32.1. The molecule has 0 saturated heterocycles. The van der Waals surface area contributed by atoms with Gasteiger partial charge in [0.05, 0.1) is 23.7 Å². The monoisotopic (exact) mass is 333 g/mol. The third kappa shape index (κ3) is 5.06. The number of ether oxygens (including phenoxy) is 1. The summed E-state index contributed by atoms with van der Waals surface area (Å²) in [5.74, 6) is 0.0537. The van der Waals surface area contributed by atoms with E-state index in [1.807, 2.05) is 6.07 Å². The number of benzene rings is 1. The van der Waals surface area contributed by atoms with E-state index in [1.165, 1.54) is 22.5 Å². The number of rotatable bonds is 6. The molecule has 0 saturated carbocycles. The van der Waals surface area contributed by atoms with E-state index in [0.717, 1.165) is 10.8 Å². The van der Waals surface area contributed by atoms with Crippen molar-refractivity contribution < 1.29 is 14.6 Å². The lowest BCUT2D eigenvalue weighted by Crippen LogP contribution is -2.14. The molecule has 1 N–H and O–H groups in total. The van der Waals surface area contributed by atoms with Crippen LogP contribution in [0.2, 0.25) is 0 Å². The molecule has 1 aromatic heterocycles. The van der Waals surface area contributed by atoms with E-state index < -0.39 is 5.97 Å². The number of carboxylic acid groups (broad SMARTS) is 1. The average molecular weight is 333 g/mol. The van der Waals surface area contributed by atoms with E-state index in [-0.39, 0.29) is 11.8 Å². The van der Waals surface area contributed by atoms with Gasteiger partial charge >= 0.3 is 5.97 Å². The van der Waals surface area contributed by atoms with Crippen molar-refractivity contribution in [2.24, 2.45) is 0 Å². The molecule has 0 radical (unpaired) electrons. The Kier molecular flexibility index (Phi) is 5.42. The summed E-state index contributed by atoms with van der Waals surface area (Å²) in [7, 11) is 0. The predicted octanol–water partition coefficient (Wildman–Crippen LogP) is 4.00. The van der Waals surface area contributed by atoms with Crippen LogP contribution in [0.1, 0.15) is 42.6 Å². The maximum absolute atomic E-state index is 10.7. The molecule has 23 heavy (non-hydrogen) atoms. The lowest BCUT2D eigenvalue weighted by molar-refractivity contribution is -0.136. The van der Waals surface area contributed by atoms with E-state index >= 15 is 0 Å². The number of hydrogen-bond acceptors (Lipinski definition) is 4. The Morgan fingerprint density at radius 3 is 2.74 bits per heavy atom. The van der Waals surface area contributed by atoms with Crippen LogP contribution in [0.5, 0.6) is 5.75 Å². The van der Waals surface area contributed by atoms with E-state index in [1.54, 1.807) is 5.38 Å². The van der Waals surface area contributed by atoms with Crippen LogP contribution in [-0.2, 0) is 23.1 Å². The number of hydrogen-bond donors (Lipinski definition) is 1. The van der Waals surface area contributed by atoms with Crippen LogP contribution in [0, 0.1) is 6.92 Å². The maximum Gasteiger partial charge on any atom is 0.309 e. The van der Waals surface area contributed by atoms with Crippen LogP contribution in [0.4, 0.5) is 0 Å². The summed E-state index contributed by atoms with van der Waals surface area (Å²) in [5, 5.41) is 11.5. The SMILES string of the molecule is Cc1ccc(OCCc2nc(CC(=O)O)cs2)c(C(C)(C)C)c1. The Morgan fingerprint density at radius 2 is 2.09 bits per heavy atom. The van der Waals surface area contributed by atoms with Crippen LogP contribution in [0.3, 0.4) is 0 Å². The van der Waals surface area contributed by atoms with Crippen molar-refractivity contribution >= 4 is 17.3 Å². The molecular weight excluding hydrogens is 310 g/mol. The standard InChI is InChI=1S/C18H23NO3S/c1-12-5-6-15(14(9-12)18(2,3)4)22-8-7-16-19-13(11-23-16)10-17(20)21/h5-6,9,11H,7-8,10H2,1-4H3,(H,20,21). The summed E-state index contributed by atoms with van der Waals surface area (Å²) in [5.41, 5.74) is 3.06. The van der Waals surface area contributed by atoms with Crippen LogP contribution >= 0.6 is 11.3 Å². The normalized spacial score (nSPS) is 11.5. The fourth-order valence-electron chi connectivity index (χ4n) is 2.30. The highest BCUT2D eigenvalue weighted by Crippen LogP contribution is 2.32. The molecule has 0 atom stereocenters. The molecule has 4 nitrogen and oxygen atoms in total. The molecule has 124 valence electrons. The van der Waals surface area contributed by atoms with E-state index in [4.69, 9.17) is 9.84 Å². The second-order valence-corrected chi connectivity index (χ2v) is 7.59. The Hall–Kier alpha value is -1.88. The maximum atomic E-state index is 10.7. The van der Waals surface area contributed by atoms with Gasteiger partial charge in [-0.3, -0.25) is 4.79 Å². The number of nitrogens with zero attached hydrogens (tertiary/aromatic N) is 1. The molecule has 2 aromatic rings. The molecule has 0 fully saturated rings. The number of thiazole rings is 1. The molecular formula is C18H23NO3S. The molecule has 0 aliphatic rings. The average Bonchev–Trinajstić information content (AvgIpc) is 2.86. The van der Waals surface area contributed by atoms with Crippen molar-refractivity contribution in [3.63, 3.8) is 0 Å². The first-order valence-electron chi connectivity index (χ1n) is 7.64. The van der Waals surface area contributed by atoms with Crippen molar-refractivity contribution in [1.82, 2.24) is 4.98 Å². The quantitative estimate of drug-likeness (QED) is 0.868. The van der Waals surface area contributed by atoms with Crippen LogP contribution < -0.4 is 4.74 Å². The number of carboxylic acids is 1. The Morgan fingerprint density at radius 1 is 1.35 bits per heavy atom. The first kappa shape index (κ1) is 17.5. The second-order valence-electron chi connectivity index (χ2n) is 6.65. The van der Waals surface area contributed by atoms with E-state index in [2.05, 4.69) is 44.8 Å². The zero-order valence-electron chi connectivity index (χ0n) is 14.0. The minimum Gasteiger partial charge on any atom is -0.493 e. The summed E-state index contributed by atoms with van der Waals surface area (Å²) in [6.07, 6.45) is 0.658. The fourth-order valence-corrected chi connectivity index (χ4v) is 3.08. The first-order chi connectivity index (χ1) is 10.8. The fraction of sp³-hybridized carbons (Fsp3) is 0.444. The molecule has 1 heterocycles. The van der Waals surface area contributed by atoms with E-state index in [9.17, 15) is 4.79 Å². The topological polar surface area (TPSA) is 59.4 Å². The summed E-state index contributed by atoms with van der Waals surface area (Å²) >= 11 is 1.48. The predicted molar refractivity (Wildman–Crippen MR) is 92.5 cm³/mol. The summed E-state index contributed by atoms with van der Waals surface area (Å²) in [4.78, 5) is 15.0. The van der Waals surface area contributed by atoms with Gasteiger partial charge in [0, 0.05) is 11.8 Å². The number of aryl methyl sites for hydroxylation is 1. The van der Waals surface area contributed by atoms with Crippen LogP contribution in [-0.4, -0.2) is 22.7 Å². The minimum atomic E-state index is -0.854. The number of carbonyl (C=O) groups is 1. The van der Waals surface area contributed by atoms with Gasteiger partial charge in [-0.2, -0.15) is 0 Å². The summed E-state index contributed by atoms with van der Waals surface area (Å²) in [6, 6.07) is 6.25. The first-order valence-corrected chi connectivity index (χ1v) is 8.52.